The molecule has 0 bridgehead atoms. The van der Waals surface area contributed by atoms with E-state index in [0.717, 1.165) is 19.4 Å². The third-order valence-electron chi connectivity index (χ3n) is 5.47. The van der Waals surface area contributed by atoms with E-state index in [1.807, 2.05) is 6.08 Å². The summed E-state index contributed by atoms with van der Waals surface area (Å²) in [7, 11) is 3.60. The largest absolute Gasteiger partial charge is 0.506 e. The van der Waals surface area contributed by atoms with Gasteiger partial charge < -0.3 is 20.5 Å². The van der Waals surface area contributed by atoms with Crippen LogP contribution in [-0.4, -0.2) is 52.6 Å². The lowest BCUT2D eigenvalue weighted by Gasteiger charge is -2.15. The number of likely N-dealkylation sites (N-methyl/N-ethyl adjacent to an activating group) is 1. The Morgan fingerprint density at radius 1 is 1.31 bits per heavy atom. The first kappa shape index (κ1) is 21.9. The molecule has 0 radical (unpaired) electrons. The van der Waals surface area contributed by atoms with Gasteiger partial charge in [0.25, 0.3) is 0 Å². The van der Waals surface area contributed by atoms with E-state index < -0.39 is 0 Å². The van der Waals surface area contributed by atoms with Crippen LogP contribution < -0.4 is 15.4 Å². The van der Waals surface area contributed by atoms with Gasteiger partial charge in [0.1, 0.15) is 23.6 Å². The van der Waals surface area contributed by atoms with Gasteiger partial charge in [0.2, 0.25) is 5.91 Å². The fraction of sp³-hybridized carbons (Fsp3) is 0.261. The molecule has 0 saturated carbocycles. The third-order valence-corrected chi connectivity index (χ3v) is 5.77. The lowest BCUT2D eigenvalue weighted by atomic mass is 10.1. The summed E-state index contributed by atoms with van der Waals surface area (Å²) in [5, 5.41) is 16.6. The van der Waals surface area contributed by atoms with Gasteiger partial charge in [-0.15, -0.1) is 0 Å². The number of amides is 1. The van der Waals surface area contributed by atoms with Gasteiger partial charge >= 0.3 is 0 Å². The number of benzene rings is 2. The number of aromatic nitrogens is 2. The van der Waals surface area contributed by atoms with Crippen molar-refractivity contribution in [2.24, 2.45) is 0 Å². The number of anilines is 3. The zero-order valence-corrected chi connectivity index (χ0v) is 18.6. The first-order valence-corrected chi connectivity index (χ1v) is 10.6. The summed E-state index contributed by atoms with van der Waals surface area (Å²) < 4.78 is 5.46. The maximum Gasteiger partial charge on any atom is 0.248 e. The highest BCUT2D eigenvalue weighted by Crippen LogP contribution is 2.34. The molecule has 166 valence electrons. The number of carbonyl (C=O) groups excluding carboxylic acids is 1. The zero-order valence-electron chi connectivity index (χ0n) is 17.8. The molecule has 0 spiro atoms. The van der Waals surface area contributed by atoms with Gasteiger partial charge in [-0.05, 0) is 50.7 Å². The summed E-state index contributed by atoms with van der Waals surface area (Å²) >= 11 is 6.01. The second-order valence-electron chi connectivity index (χ2n) is 7.62. The van der Waals surface area contributed by atoms with E-state index in [2.05, 4.69) is 32.5 Å². The van der Waals surface area contributed by atoms with Crippen LogP contribution in [0.1, 0.15) is 12.8 Å². The van der Waals surface area contributed by atoms with Crippen LogP contribution in [0.3, 0.4) is 0 Å². The van der Waals surface area contributed by atoms with Crippen LogP contribution in [0.4, 0.5) is 17.2 Å². The van der Waals surface area contributed by atoms with Gasteiger partial charge in [-0.3, -0.25) is 9.69 Å². The van der Waals surface area contributed by atoms with E-state index in [1.165, 1.54) is 12.4 Å². The molecule has 1 saturated heterocycles. The molecule has 1 fully saturated rings. The Morgan fingerprint density at radius 2 is 2.16 bits per heavy atom. The number of halogens is 1. The van der Waals surface area contributed by atoms with E-state index in [4.69, 9.17) is 16.3 Å². The van der Waals surface area contributed by atoms with Gasteiger partial charge in [-0.25, -0.2) is 9.97 Å². The molecule has 0 unspecified atom stereocenters. The fourth-order valence-electron chi connectivity index (χ4n) is 3.72. The molecule has 2 aromatic carbocycles. The Hall–Kier alpha value is -3.36. The van der Waals surface area contributed by atoms with Crippen LogP contribution in [0.2, 0.25) is 5.02 Å². The number of methoxy groups -OCH3 is 1. The summed E-state index contributed by atoms with van der Waals surface area (Å²) in [6.45, 7) is 1.04. The molecule has 1 atom stereocenters. The first-order valence-electron chi connectivity index (χ1n) is 10.2. The molecule has 3 N–H and O–H groups in total. The van der Waals surface area contributed by atoms with Crippen LogP contribution >= 0.6 is 11.6 Å². The number of phenolic OH excluding ortho intramolecular Hbond substituents is 1. The number of nitrogens with zero attached hydrogens (tertiary/aromatic N) is 3. The van der Waals surface area contributed by atoms with E-state index in [1.54, 1.807) is 37.5 Å². The number of carbonyl (C=O) groups is 1. The molecular formula is C23H24ClN5O3. The number of hydrogen-bond acceptors (Lipinski definition) is 7. The van der Waals surface area contributed by atoms with Crippen LogP contribution in [0, 0.1) is 0 Å². The molecule has 1 aliphatic heterocycles. The third kappa shape index (κ3) is 4.76. The Bertz CT molecular complexity index is 1180. The number of phenols is 1. The zero-order chi connectivity index (χ0) is 22.7. The average molecular weight is 454 g/mol. The number of rotatable bonds is 6. The van der Waals surface area contributed by atoms with E-state index in [-0.39, 0.29) is 22.7 Å². The number of nitrogens with one attached hydrogen (secondary N) is 2. The highest BCUT2D eigenvalue weighted by molar-refractivity contribution is 6.32. The molecule has 8 nitrogen and oxygen atoms in total. The van der Waals surface area contributed by atoms with Gasteiger partial charge in [0, 0.05) is 29.3 Å². The predicted octanol–water partition coefficient (Wildman–Crippen LogP) is 4.33. The van der Waals surface area contributed by atoms with Crippen molar-refractivity contribution >= 4 is 45.6 Å². The minimum Gasteiger partial charge on any atom is -0.506 e. The molecular weight excluding hydrogens is 430 g/mol. The predicted molar refractivity (Wildman–Crippen MR) is 126 cm³/mol. The second kappa shape index (κ2) is 9.42. The van der Waals surface area contributed by atoms with Gasteiger partial charge in [-0.1, -0.05) is 17.7 Å². The monoisotopic (exact) mass is 453 g/mol. The number of aromatic hydroxyl groups is 1. The smallest absolute Gasteiger partial charge is 0.248 e. The highest BCUT2D eigenvalue weighted by Gasteiger charge is 2.18. The standard InChI is InChI=1S/C23H24ClN5O3/c1-29-9-3-4-15(29)6-8-22(31)28-19-11-16-18(12-21(19)32-2)25-13-26-23(16)27-14-5-7-20(30)17(24)10-14/h5-8,10-13,15,30H,3-4,9H2,1-2H3,(H,28,31)(H,25,26,27)/b8-6+/t15-/m1/s1. The van der Waals surface area contributed by atoms with Crippen molar-refractivity contribution in [1.82, 2.24) is 14.9 Å². The SMILES string of the molecule is COc1cc2ncnc(Nc3ccc(O)c(Cl)c3)c2cc1NC(=O)/C=C/[C@H]1CCCN1C. The molecule has 0 aliphatic carbocycles. The van der Waals surface area contributed by atoms with Crippen molar-refractivity contribution in [2.75, 3.05) is 31.3 Å². The Balaban J connectivity index is 1.62. The van der Waals surface area contributed by atoms with E-state index >= 15 is 0 Å². The Morgan fingerprint density at radius 3 is 2.88 bits per heavy atom. The summed E-state index contributed by atoms with van der Waals surface area (Å²) in [5.41, 5.74) is 1.80. The lowest BCUT2D eigenvalue weighted by molar-refractivity contribution is -0.111. The minimum atomic E-state index is -0.236. The van der Waals surface area contributed by atoms with Gasteiger partial charge in [-0.2, -0.15) is 0 Å². The number of likely N-dealkylation sites (tertiary alicyclic amines) is 1. The molecule has 1 amide bonds. The summed E-state index contributed by atoms with van der Waals surface area (Å²) in [5.74, 6) is 0.781. The second-order valence-corrected chi connectivity index (χ2v) is 8.03. The summed E-state index contributed by atoms with van der Waals surface area (Å²) in [6.07, 6.45) is 7.11. The van der Waals surface area contributed by atoms with Crippen LogP contribution in [0.5, 0.6) is 11.5 Å². The van der Waals surface area contributed by atoms with Crippen molar-refractivity contribution in [3.63, 3.8) is 0 Å². The number of ether oxygens (including phenoxy) is 1. The molecule has 2 heterocycles. The highest BCUT2D eigenvalue weighted by atomic mass is 35.5. The lowest BCUT2D eigenvalue weighted by Crippen LogP contribution is -2.23. The van der Waals surface area contributed by atoms with Crippen molar-refractivity contribution < 1.29 is 14.6 Å². The van der Waals surface area contributed by atoms with Crippen molar-refractivity contribution in [2.45, 2.75) is 18.9 Å². The molecule has 3 aromatic rings. The van der Waals surface area contributed by atoms with Crippen LogP contribution in [0.25, 0.3) is 10.9 Å². The Labute approximate surface area is 190 Å². The maximum atomic E-state index is 12.6. The quantitative estimate of drug-likeness (QED) is 0.377. The van der Waals surface area contributed by atoms with Crippen LogP contribution in [-0.2, 0) is 4.79 Å². The summed E-state index contributed by atoms with van der Waals surface area (Å²) in [6, 6.07) is 8.58. The normalized spacial score (nSPS) is 16.5. The molecule has 4 rings (SSSR count). The first-order chi connectivity index (χ1) is 15.4. The van der Waals surface area contributed by atoms with Crippen molar-refractivity contribution in [1.29, 1.82) is 0 Å². The van der Waals surface area contributed by atoms with Crippen LogP contribution in [0.15, 0.2) is 48.8 Å². The molecule has 1 aromatic heterocycles. The van der Waals surface area contributed by atoms with Gasteiger partial charge in [0.15, 0.2) is 0 Å². The topological polar surface area (TPSA) is 99.6 Å². The average Bonchev–Trinajstić information content (AvgIpc) is 3.19. The fourth-order valence-corrected chi connectivity index (χ4v) is 3.90. The maximum absolute atomic E-state index is 12.6. The minimum absolute atomic E-state index is 0.00338. The Kier molecular flexibility index (Phi) is 6.43. The number of fused-ring (bicyclic) bond motifs is 1. The van der Waals surface area contributed by atoms with Crippen molar-refractivity contribution in [3.05, 3.63) is 53.8 Å². The molecule has 1 aliphatic rings. The summed E-state index contributed by atoms with van der Waals surface area (Å²) in [4.78, 5) is 23.4. The van der Waals surface area contributed by atoms with Gasteiger partial charge in [0.05, 0.1) is 23.3 Å². The van der Waals surface area contributed by atoms with Crippen molar-refractivity contribution in [3.8, 4) is 11.5 Å². The number of hydrogen-bond donors (Lipinski definition) is 3. The molecule has 9 heteroatoms. The van der Waals surface area contributed by atoms with E-state index in [0.29, 0.717) is 33.8 Å². The van der Waals surface area contributed by atoms with E-state index in [9.17, 15) is 9.90 Å². The molecule has 32 heavy (non-hydrogen) atoms.